The summed E-state index contributed by atoms with van der Waals surface area (Å²) in [7, 11) is 1.89. The van der Waals surface area contributed by atoms with Crippen LogP contribution in [0.4, 0.5) is 11.6 Å². The molecule has 2 rings (SSSR count). The Hall–Kier alpha value is -1.69. The van der Waals surface area contributed by atoms with Crippen molar-refractivity contribution in [1.29, 1.82) is 0 Å². The molecule has 0 aliphatic carbocycles. The molecular weight excluding hydrogens is 270 g/mol. The normalized spacial score (nSPS) is 12.2. The standard InChI is InChI=1S/C14H21N5S/c1-5-10(14-16-7-8-20-14)17-13-9(3)12(15-4)18-11(6-2)19-13/h7-8,10H,5-6H2,1-4H3,(H2,15,17,18,19). The molecule has 0 aliphatic rings. The highest BCUT2D eigenvalue weighted by atomic mass is 32.1. The molecule has 2 heterocycles. The Bertz CT molecular complexity index is 553. The number of rotatable bonds is 6. The van der Waals surface area contributed by atoms with Gasteiger partial charge in [-0.2, -0.15) is 0 Å². The predicted molar refractivity (Wildman–Crippen MR) is 84.5 cm³/mol. The highest BCUT2D eigenvalue weighted by molar-refractivity contribution is 7.09. The van der Waals surface area contributed by atoms with Gasteiger partial charge in [-0.25, -0.2) is 15.0 Å². The Morgan fingerprint density at radius 3 is 2.55 bits per heavy atom. The number of hydrogen-bond acceptors (Lipinski definition) is 6. The van der Waals surface area contributed by atoms with Crippen LogP contribution in [0.1, 0.15) is 42.7 Å². The molecule has 0 fully saturated rings. The van der Waals surface area contributed by atoms with Crippen molar-refractivity contribution < 1.29 is 0 Å². The van der Waals surface area contributed by atoms with Gasteiger partial charge < -0.3 is 10.6 Å². The van der Waals surface area contributed by atoms with Gasteiger partial charge >= 0.3 is 0 Å². The molecule has 0 saturated carbocycles. The molecule has 20 heavy (non-hydrogen) atoms. The Morgan fingerprint density at radius 2 is 2.00 bits per heavy atom. The van der Waals surface area contributed by atoms with E-state index in [4.69, 9.17) is 0 Å². The van der Waals surface area contributed by atoms with E-state index in [0.717, 1.165) is 40.9 Å². The zero-order valence-corrected chi connectivity index (χ0v) is 13.2. The Balaban J connectivity index is 2.32. The third-order valence-electron chi connectivity index (χ3n) is 3.21. The maximum Gasteiger partial charge on any atom is 0.135 e. The fourth-order valence-electron chi connectivity index (χ4n) is 2.02. The summed E-state index contributed by atoms with van der Waals surface area (Å²) < 4.78 is 0. The summed E-state index contributed by atoms with van der Waals surface area (Å²) in [5.41, 5.74) is 1.04. The summed E-state index contributed by atoms with van der Waals surface area (Å²) in [5, 5.41) is 9.73. The van der Waals surface area contributed by atoms with Gasteiger partial charge in [-0.1, -0.05) is 13.8 Å². The van der Waals surface area contributed by atoms with Crippen molar-refractivity contribution in [2.24, 2.45) is 0 Å². The molecule has 2 N–H and O–H groups in total. The van der Waals surface area contributed by atoms with Gasteiger partial charge in [-0.05, 0) is 13.3 Å². The molecule has 2 aromatic rings. The Labute approximate surface area is 123 Å². The molecule has 0 radical (unpaired) electrons. The SMILES string of the molecule is CCc1nc(NC)c(C)c(NC(CC)c2nccs2)n1. The lowest BCUT2D eigenvalue weighted by atomic mass is 10.2. The van der Waals surface area contributed by atoms with Gasteiger partial charge in [-0.3, -0.25) is 0 Å². The van der Waals surface area contributed by atoms with Crippen molar-refractivity contribution in [2.75, 3.05) is 17.7 Å². The molecule has 0 bridgehead atoms. The van der Waals surface area contributed by atoms with Crippen molar-refractivity contribution in [2.45, 2.75) is 39.7 Å². The van der Waals surface area contributed by atoms with E-state index in [0.29, 0.717) is 0 Å². The summed E-state index contributed by atoms with van der Waals surface area (Å²) in [6.45, 7) is 6.24. The summed E-state index contributed by atoms with van der Waals surface area (Å²) in [4.78, 5) is 13.5. The lowest BCUT2D eigenvalue weighted by Gasteiger charge is -2.18. The molecule has 2 aromatic heterocycles. The zero-order valence-electron chi connectivity index (χ0n) is 12.4. The van der Waals surface area contributed by atoms with Crippen molar-refractivity contribution in [3.63, 3.8) is 0 Å². The molecule has 0 amide bonds. The molecule has 0 spiro atoms. The molecule has 0 aromatic carbocycles. The molecule has 108 valence electrons. The van der Waals surface area contributed by atoms with E-state index in [1.807, 2.05) is 25.5 Å². The minimum absolute atomic E-state index is 0.193. The van der Waals surface area contributed by atoms with Crippen LogP contribution in [-0.2, 0) is 6.42 Å². The molecule has 1 atom stereocenters. The van der Waals surface area contributed by atoms with Crippen LogP contribution in [0, 0.1) is 6.92 Å². The van der Waals surface area contributed by atoms with E-state index < -0.39 is 0 Å². The average Bonchev–Trinajstić information content (AvgIpc) is 3.00. The third-order valence-corrected chi connectivity index (χ3v) is 4.10. The quantitative estimate of drug-likeness (QED) is 0.854. The fourth-order valence-corrected chi connectivity index (χ4v) is 2.79. The maximum absolute atomic E-state index is 4.61. The van der Waals surface area contributed by atoms with Crippen LogP contribution in [0.15, 0.2) is 11.6 Å². The smallest absolute Gasteiger partial charge is 0.135 e. The second kappa shape index (κ2) is 6.65. The minimum Gasteiger partial charge on any atom is -0.373 e. The average molecular weight is 291 g/mol. The molecule has 1 unspecified atom stereocenters. The first-order valence-corrected chi connectivity index (χ1v) is 7.78. The highest BCUT2D eigenvalue weighted by Gasteiger charge is 2.16. The number of nitrogens with one attached hydrogen (secondary N) is 2. The largest absolute Gasteiger partial charge is 0.373 e. The van der Waals surface area contributed by atoms with Crippen molar-refractivity contribution in [3.05, 3.63) is 28.0 Å². The predicted octanol–water partition coefficient (Wildman–Crippen LogP) is 3.41. The molecule has 6 heteroatoms. The van der Waals surface area contributed by atoms with Gasteiger partial charge in [0.05, 0.1) is 6.04 Å². The summed E-state index contributed by atoms with van der Waals surface area (Å²) in [6, 6.07) is 0.193. The van der Waals surface area contributed by atoms with Crippen LogP contribution in [0.5, 0.6) is 0 Å². The van der Waals surface area contributed by atoms with Crippen LogP contribution < -0.4 is 10.6 Å². The van der Waals surface area contributed by atoms with Crippen molar-refractivity contribution in [3.8, 4) is 0 Å². The third kappa shape index (κ3) is 3.07. The van der Waals surface area contributed by atoms with Crippen molar-refractivity contribution >= 4 is 23.0 Å². The first-order valence-electron chi connectivity index (χ1n) is 6.90. The number of hydrogen-bond donors (Lipinski definition) is 2. The monoisotopic (exact) mass is 291 g/mol. The van der Waals surface area contributed by atoms with E-state index >= 15 is 0 Å². The van der Waals surface area contributed by atoms with E-state index in [1.54, 1.807) is 11.3 Å². The molecule has 5 nitrogen and oxygen atoms in total. The zero-order chi connectivity index (χ0) is 14.5. The number of nitrogens with zero attached hydrogens (tertiary/aromatic N) is 3. The topological polar surface area (TPSA) is 62.7 Å². The second-order valence-corrected chi connectivity index (χ2v) is 5.47. The Morgan fingerprint density at radius 1 is 1.25 bits per heavy atom. The first kappa shape index (κ1) is 14.7. The van der Waals surface area contributed by atoms with Gasteiger partial charge in [0.15, 0.2) is 0 Å². The van der Waals surface area contributed by atoms with Crippen LogP contribution in [-0.4, -0.2) is 22.0 Å². The number of thiazole rings is 1. The Kier molecular flexibility index (Phi) is 4.89. The lowest BCUT2D eigenvalue weighted by Crippen LogP contribution is -2.14. The lowest BCUT2D eigenvalue weighted by molar-refractivity contribution is 0.733. The van der Waals surface area contributed by atoms with Gasteiger partial charge in [0.1, 0.15) is 22.5 Å². The van der Waals surface area contributed by atoms with Crippen LogP contribution in [0.3, 0.4) is 0 Å². The summed E-state index contributed by atoms with van der Waals surface area (Å²) >= 11 is 1.67. The minimum atomic E-state index is 0.193. The van der Waals surface area contributed by atoms with E-state index in [1.165, 1.54) is 0 Å². The molecular formula is C14H21N5S. The van der Waals surface area contributed by atoms with Gasteiger partial charge in [0, 0.05) is 30.6 Å². The van der Waals surface area contributed by atoms with Crippen LogP contribution in [0.2, 0.25) is 0 Å². The van der Waals surface area contributed by atoms with Gasteiger partial charge in [0.2, 0.25) is 0 Å². The second-order valence-electron chi connectivity index (χ2n) is 4.54. The number of aryl methyl sites for hydroxylation is 1. The molecule has 0 saturated heterocycles. The fraction of sp³-hybridized carbons (Fsp3) is 0.500. The molecule has 0 aliphatic heterocycles. The number of anilines is 2. The van der Waals surface area contributed by atoms with Gasteiger partial charge in [-0.15, -0.1) is 11.3 Å². The van der Waals surface area contributed by atoms with Crippen LogP contribution in [0.25, 0.3) is 0 Å². The number of aromatic nitrogens is 3. The van der Waals surface area contributed by atoms with Crippen molar-refractivity contribution in [1.82, 2.24) is 15.0 Å². The van der Waals surface area contributed by atoms with E-state index in [-0.39, 0.29) is 6.04 Å². The van der Waals surface area contributed by atoms with Gasteiger partial charge in [0.25, 0.3) is 0 Å². The summed E-state index contributed by atoms with van der Waals surface area (Å²) in [6.07, 6.45) is 3.62. The van der Waals surface area contributed by atoms with E-state index in [9.17, 15) is 0 Å². The van der Waals surface area contributed by atoms with Crippen LogP contribution >= 0.6 is 11.3 Å². The highest BCUT2D eigenvalue weighted by Crippen LogP contribution is 2.27. The maximum atomic E-state index is 4.61. The summed E-state index contributed by atoms with van der Waals surface area (Å²) in [5.74, 6) is 2.62. The van der Waals surface area contributed by atoms with E-state index in [2.05, 4.69) is 39.4 Å². The first-order chi connectivity index (χ1) is 9.69.